The van der Waals surface area contributed by atoms with Crippen molar-refractivity contribution in [3.8, 4) is 0 Å². The van der Waals surface area contributed by atoms with Crippen LogP contribution in [0.2, 0.25) is 0 Å². The first-order chi connectivity index (χ1) is 9.75. The van der Waals surface area contributed by atoms with Gasteiger partial charge in [-0.05, 0) is 38.8 Å². The van der Waals surface area contributed by atoms with Crippen LogP contribution >= 0.6 is 0 Å². The molecule has 110 valence electrons. The molecule has 0 saturated carbocycles. The predicted octanol–water partition coefficient (Wildman–Crippen LogP) is 0.244. The van der Waals surface area contributed by atoms with Crippen molar-refractivity contribution in [2.75, 3.05) is 49.9 Å². The van der Waals surface area contributed by atoms with E-state index in [4.69, 9.17) is 10.7 Å². The Bertz CT molecular complexity index is 463. The lowest BCUT2D eigenvalue weighted by Crippen LogP contribution is -2.44. The maximum atomic E-state index is 6.25. The number of aryl methyl sites for hydroxylation is 1. The Kier molecular flexibility index (Phi) is 4.03. The Labute approximate surface area is 120 Å². The van der Waals surface area contributed by atoms with Gasteiger partial charge in [-0.2, -0.15) is 0 Å². The predicted molar refractivity (Wildman–Crippen MR) is 81.1 cm³/mol. The summed E-state index contributed by atoms with van der Waals surface area (Å²) >= 11 is 0. The van der Waals surface area contributed by atoms with Gasteiger partial charge < -0.3 is 21.3 Å². The van der Waals surface area contributed by atoms with Crippen LogP contribution in [0.4, 0.5) is 11.6 Å². The molecule has 0 spiro atoms. The average molecular weight is 276 g/mol. The van der Waals surface area contributed by atoms with Crippen molar-refractivity contribution in [1.82, 2.24) is 20.6 Å². The minimum Gasteiger partial charge on any atom is -0.383 e. The Morgan fingerprint density at radius 1 is 1.05 bits per heavy atom. The molecule has 6 heteroatoms. The third kappa shape index (κ3) is 2.71. The van der Waals surface area contributed by atoms with Crippen molar-refractivity contribution in [2.45, 2.75) is 25.7 Å². The van der Waals surface area contributed by atoms with E-state index >= 15 is 0 Å². The van der Waals surface area contributed by atoms with Crippen LogP contribution in [-0.2, 0) is 0 Å². The summed E-state index contributed by atoms with van der Waals surface area (Å²) in [6.07, 6.45) is 2.24. The molecule has 0 radical (unpaired) electrons. The summed E-state index contributed by atoms with van der Waals surface area (Å²) in [6, 6.07) is 0. The molecule has 1 aromatic heterocycles. The van der Waals surface area contributed by atoms with Gasteiger partial charge >= 0.3 is 0 Å². The van der Waals surface area contributed by atoms with E-state index in [1.807, 2.05) is 6.92 Å². The van der Waals surface area contributed by atoms with Crippen molar-refractivity contribution in [2.24, 2.45) is 0 Å². The van der Waals surface area contributed by atoms with Crippen LogP contribution in [0.3, 0.4) is 0 Å². The molecule has 6 nitrogen and oxygen atoms in total. The first-order valence-corrected chi connectivity index (χ1v) is 7.56. The largest absolute Gasteiger partial charge is 0.383 e. The lowest BCUT2D eigenvalue weighted by atomic mass is 9.90. The Morgan fingerprint density at radius 2 is 1.70 bits per heavy atom. The molecular formula is C14H24N6. The summed E-state index contributed by atoms with van der Waals surface area (Å²) in [6.45, 7) is 8.04. The number of nitrogens with two attached hydrogens (primary N) is 1. The number of piperazine rings is 1. The van der Waals surface area contributed by atoms with Gasteiger partial charge in [0.25, 0.3) is 0 Å². The van der Waals surface area contributed by atoms with Gasteiger partial charge in [0.1, 0.15) is 17.5 Å². The van der Waals surface area contributed by atoms with Crippen molar-refractivity contribution >= 4 is 11.6 Å². The number of hydrogen-bond acceptors (Lipinski definition) is 6. The average Bonchev–Trinajstić information content (AvgIpc) is 2.48. The molecule has 2 saturated heterocycles. The van der Waals surface area contributed by atoms with Gasteiger partial charge in [0.2, 0.25) is 0 Å². The summed E-state index contributed by atoms with van der Waals surface area (Å²) in [5.74, 6) is 3.01. The van der Waals surface area contributed by atoms with Crippen LogP contribution in [0.25, 0.3) is 0 Å². The van der Waals surface area contributed by atoms with Crippen LogP contribution in [0, 0.1) is 6.92 Å². The zero-order valence-corrected chi connectivity index (χ0v) is 12.2. The minimum absolute atomic E-state index is 0.488. The van der Waals surface area contributed by atoms with E-state index in [2.05, 4.69) is 20.5 Å². The highest BCUT2D eigenvalue weighted by Crippen LogP contribution is 2.35. The SMILES string of the molecule is Cc1nc(N)c(C2CCNCC2)c(N2CCNCC2)n1. The quantitative estimate of drug-likeness (QED) is 0.718. The van der Waals surface area contributed by atoms with Gasteiger partial charge in [-0.1, -0.05) is 0 Å². The maximum absolute atomic E-state index is 6.25. The molecule has 20 heavy (non-hydrogen) atoms. The summed E-state index contributed by atoms with van der Waals surface area (Å²) in [4.78, 5) is 11.5. The maximum Gasteiger partial charge on any atom is 0.138 e. The van der Waals surface area contributed by atoms with E-state index in [0.717, 1.165) is 63.8 Å². The minimum atomic E-state index is 0.488. The van der Waals surface area contributed by atoms with Crippen molar-refractivity contribution in [3.05, 3.63) is 11.4 Å². The van der Waals surface area contributed by atoms with Crippen LogP contribution < -0.4 is 21.3 Å². The molecule has 0 bridgehead atoms. The normalized spacial score (nSPS) is 21.1. The molecule has 3 heterocycles. The second-order valence-corrected chi connectivity index (χ2v) is 5.65. The zero-order chi connectivity index (χ0) is 13.9. The van der Waals surface area contributed by atoms with Crippen molar-refractivity contribution in [1.29, 1.82) is 0 Å². The third-order valence-corrected chi connectivity index (χ3v) is 4.23. The standard InChI is InChI=1S/C14H24N6/c1-10-18-13(15)12(11-2-4-16-5-3-11)14(19-10)20-8-6-17-7-9-20/h11,16-17H,2-9H2,1H3,(H2,15,18,19). The zero-order valence-electron chi connectivity index (χ0n) is 12.2. The van der Waals surface area contributed by atoms with Gasteiger partial charge in [0.15, 0.2) is 0 Å². The van der Waals surface area contributed by atoms with E-state index in [9.17, 15) is 0 Å². The molecule has 2 aliphatic rings. The van der Waals surface area contributed by atoms with E-state index in [1.54, 1.807) is 0 Å². The number of nitrogen functional groups attached to an aromatic ring is 1. The van der Waals surface area contributed by atoms with E-state index in [1.165, 1.54) is 5.56 Å². The monoisotopic (exact) mass is 276 g/mol. The lowest BCUT2D eigenvalue weighted by Gasteiger charge is -2.33. The molecule has 3 rings (SSSR count). The summed E-state index contributed by atoms with van der Waals surface area (Å²) in [7, 11) is 0. The van der Waals surface area contributed by atoms with Gasteiger partial charge in [-0.15, -0.1) is 0 Å². The van der Waals surface area contributed by atoms with Crippen molar-refractivity contribution in [3.63, 3.8) is 0 Å². The molecule has 0 amide bonds. The van der Waals surface area contributed by atoms with E-state index in [0.29, 0.717) is 11.7 Å². The van der Waals surface area contributed by atoms with Crippen LogP contribution in [0.1, 0.15) is 30.1 Å². The van der Waals surface area contributed by atoms with Crippen LogP contribution in [0.15, 0.2) is 0 Å². The molecule has 2 aliphatic heterocycles. The highest BCUT2D eigenvalue weighted by atomic mass is 15.2. The number of aromatic nitrogens is 2. The molecular weight excluding hydrogens is 252 g/mol. The number of piperidine rings is 1. The fourth-order valence-electron chi connectivity index (χ4n) is 3.21. The van der Waals surface area contributed by atoms with E-state index in [-0.39, 0.29) is 0 Å². The summed E-state index contributed by atoms with van der Waals surface area (Å²) < 4.78 is 0. The third-order valence-electron chi connectivity index (χ3n) is 4.23. The number of nitrogens with one attached hydrogen (secondary N) is 2. The van der Waals surface area contributed by atoms with Gasteiger partial charge in [-0.3, -0.25) is 0 Å². The van der Waals surface area contributed by atoms with Crippen LogP contribution in [-0.4, -0.2) is 49.2 Å². The van der Waals surface area contributed by atoms with Gasteiger partial charge in [-0.25, -0.2) is 9.97 Å². The van der Waals surface area contributed by atoms with Crippen molar-refractivity contribution < 1.29 is 0 Å². The van der Waals surface area contributed by atoms with E-state index < -0.39 is 0 Å². The molecule has 0 aromatic carbocycles. The number of anilines is 2. The first kappa shape index (κ1) is 13.6. The fraction of sp³-hybridized carbons (Fsp3) is 0.714. The summed E-state index contributed by atoms with van der Waals surface area (Å²) in [5, 5.41) is 6.80. The molecule has 1 aromatic rings. The van der Waals surface area contributed by atoms with Crippen LogP contribution in [0.5, 0.6) is 0 Å². The van der Waals surface area contributed by atoms with Gasteiger partial charge in [0, 0.05) is 31.7 Å². The van der Waals surface area contributed by atoms with Gasteiger partial charge in [0.05, 0.1) is 0 Å². The number of rotatable bonds is 2. The second-order valence-electron chi connectivity index (χ2n) is 5.65. The Morgan fingerprint density at radius 3 is 2.40 bits per heavy atom. The summed E-state index contributed by atoms with van der Waals surface area (Å²) in [5.41, 5.74) is 7.43. The highest BCUT2D eigenvalue weighted by molar-refractivity contribution is 5.59. The first-order valence-electron chi connectivity index (χ1n) is 7.56. The molecule has 0 aliphatic carbocycles. The Balaban J connectivity index is 1.97. The smallest absolute Gasteiger partial charge is 0.138 e. The fourth-order valence-corrected chi connectivity index (χ4v) is 3.21. The topological polar surface area (TPSA) is 79.1 Å². The Hall–Kier alpha value is -1.40. The highest BCUT2D eigenvalue weighted by Gasteiger charge is 2.26. The second kappa shape index (κ2) is 5.93. The number of hydrogen-bond donors (Lipinski definition) is 3. The molecule has 0 unspecified atom stereocenters. The molecule has 0 atom stereocenters. The number of nitrogens with zero attached hydrogens (tertiary/aromatic N) is 3. The lowest BCUT2D eigenvalue weighted by molar-refractivity contribution is 0.458. The molecule has 2 fully saturated rings. The molecule has 4 N–H and O–H groups in total.